The molecule has 0 aromatic heterocycles. The third-order valence-electron chi connectivity index (χ3n) is 4.21. The summed E-state index contributed by atoms with van der Waals surface area (Å²) in [6, 6.07) is 10.1. The second-order valence-electron chi connectivity index (χ2n) is 6.53. The highest BCUT2D eigenvalue weighted by Gasteiger charge is 2.17. The second kappa shape index (κ2) is 7.40. The van der Waals surface area contributed by atoms with Crippen LogP contribution >= 0.6 is 0 Å². The Hall–Kier alpha value is -2.47. The van der Waals surface area contributed by atoms with Crippen molar-refractivity contribution >= 4 is 5.69 Å². The van der Waals surface area contributed by atoms with Crippen LogP contribution in [0.3, 0.4) is 0 Å². The van der Waals surface area contributed by atoms with Gasteiger partial charge in [-0.1, -0.05) is 39.8 Å². The van der Waals surface area contributed by atoms with E-state index in [2.05, 4.69) is 44.7 Å². The summed E-state index contributed by atoms with van der Waals surface area (Å²) in [5.41, 5.74) is 5.10. The Labute approximate surface area is 145 Å². The van der Waals surface area contributed by atoms with E-state index in [4.69, 9.17) is 16.0 Å². The van der Waals surface area contributed by atoms with Gasteiger partial charge in [-0.3, -0.25) is 0 Å². The van der Waals surface area contributed by atoms with E-state index >= 15 is 0 Å². The number of ether oxygens (including phenoxy) is 2. The first kappa shape index (κ1) is 17.9. The number of benzene rings is 2. The molecule has 0 amide bonds. The van der Waals surface area contributed by atoms with Crippen molar-refractivity contribution in [1.82, 2.24) is 0 Å². The molecule has 0 fully saturated rings. The van der Waals surface area contributed by atoms with Crippen LogP contribution in [0, 0.1) is 6.57 Å². The molecular formula is C21H25NO2. The molecular weight excluding hydrogens is 298 g/mol. The third-order valence-corrected chi connectivity index (χ3v) is 4.21. The molecule has 0 aliphatic heterocycles. The standard InChI is InChI=1S/C21H25NO2/c1-13(2)19-10-16(11-20(14(3)4)21(19)22-5)15-8-17(23-6)12-18(9-15)24-7/h8-14H,1-4,6-7H3. The predicted molar refractivity (Wildman–Crippen MR) is 99.4 cm³/mol. The van der Waals surface area contributed by atoms with Gasteiger partial charge in [-0.2, -0.15) is 0 Å². The fraction of sp³-hybridized carbons (Fsp3) is 0.381. The predicted octanol–water partition coefficient (Wildman–Crippen LogP) is 6.17. The van der Waals surface area contributed by atoms with Gasteiger partial charge in [-0.05, 0) is 46.2 Å². The zero-order valence-corrected chi connectivity index (χ0v) is 15.3. The Bertz CT molecular complexity index is 719. The molecule has 3 heteroatoms. The largest absolute Gasteiger partial charge is 0.497 e. The van der Waals surface area contributed by atoms with Gasteiger partial charge in [0.15, 0.2) is 5.69 Å². The van der Waals surface area contributed by atoms with Gasteiger partial charge in [0, 0.05) is 6.07 Å². The first-order valence-corrected chi connectivity index (χ1v) is 8.20. The normalized spacial score (nSPS) is 10.8. The van der Waals surface area contributed by atoms with Crippen LogP contribution in [0.1, 0.15) is 50.7 Å². The number of nitrogens with zero attached hydrogens (tertiary/aromatic N) is 1. The van der Waals surface area contributed by atoms with Crippen LogP contribution in [0.15, 0.2) is 30.3 Å². The maximum absolute atomic E-state index is 7.60. The lowest BCUT2D eigenvalue weighted by atomic mass is 9.88. The van der Waals surface area contributed by atoms with Gasteiger partial charge >= 0.3 is 0 Å². The average molecular weight is 323 g/mol. The summed E-state index contributed by atoms with van der Waals surface area (Å²) in [5, 5.41) is 0. The van der Waals surface area contributed by atoms with E-state index in [0.29, 0.717) is 11.8 Å². The molecule has 126 valence electrons. The molecule has 0 heterocycles. The zero-order chi connectivity index (χ0) is 17.9. The number of hydrogen-bond acceptors (Lipinski definition) is 2. The van der Waals surface area contributed by atoms with Crippen molar-refractivity contribution < 1.29 is 9.47 Å². The minimum atomic E-state index is 0.291. The maximum Gasteiger partial charge on any atom is 0.194 e. The van der Waals surface area contributed by atoms with Crippen molar-refractivity contribution in [1.29, 1.82) is 0 Å². The quantitative estimate of drug-likeness (QED) is 0.614. The van der Waals surface area contributed by atoms with Gasteiger partial charge in [0.2, 0.25) is 0 Å². The van der Waals surface area contributed by atoms with E-state index < -0.39 is 0 Å². The molecule has 0 saturated carbocycles. The molecule has 0 spiro atoms. The first-order chi connectivity index (χ1) is 11.4. The highest BCUT2D eigenvalue weighted by atomic mass is 16.5. The molecule has 0 aliphatic rings. The van der Waals surface area contributed by atoms with Crippen LogP contribution in [0.4, 0.5) is 5.69 Å². The van der Waals surface area contributed by atoms with E-state index in [1.807, 2.05) is 18.2 Å². The molecule has 0 radical (unpaired) electrons. The van der Waals surface area contributed by atoms with Crippen molar-refractivity contribution in [3.8, 4) is 22.6 Å². The van der Waals surface area contributed by atoms with Crippen LogP contribution in [0.2, 0.25) is 0 Å². The Morgan fingerprint density at radius 2 is 1.17 bits per heavy atom. The summed E-state index contributed by atoms with van der Waals surface area (Å²) in [6.45, 7) is 16.1. The minimum absolute atomic E-state index is 0.291. The van der Waals surface area contributed by atoms with E-state index in [0.717, 1.165) is 39.4 Å². The molecule has 0 unspecified atom stereocenters. The van der Waals surface area contributed by atoms with Crippen LogP contribution in [0.5, 0.6) is 11.5 Å². The summed E-state index contributed by atoms with van der Waals surface area (Å²) in [4.78, 5) is 3.82. The summed E-state index contributed by atoms with van der Waals surface area (Å²) < 4.78 is 10.8. The van der Waals surface area contributed by atoms with Gasteiger partial charge in [0.25, 0.3) is 0 Å². The van der Waals surface area contributed by atoms with Gasteiger partial charge in [0.05, 0.1) is 20.8 Å². The molecule has 2 rings (SSSR count). The molecule has 0 bridgehead atoms. The lowest BCUT2D eigenvalue weighted by Gasteiger charge is -2.18. The molecule has 2 aromatic carbocycles. The highest BCUT2D eigenvalue weighted by Crippen LogP contribution is 2.40. The van der Waals surface area contributed by atoms with Crippen LogP contribution in [0.25, 0.3) is 16.0 Å². The highest BCUT2D eigenvalue weighted by molar-refractivity contribution is 5.74. The monoisotopic (exact) mass is 323 g/mol. The number of rotatable bonds is 5. The second-order valence-corrected chi connectivity index (χ2v) is 6.53. The van der Waals surface area contributed by atoms with E-state index in [-0.39, 0.29) is 0 Å². The lowest BCUT2D eigenvalue weighted by Crippen LogP contribution is -1.97. The summed E-state index contributed by atoms with van der Waals surface area (Å²) in [6.07, 6.45) is 0. The van der Waals surface area contributed by atoms with E-state index in [1.54, 1.807) is 14.2 Å². The lowest BCUT2D eigenvalue weighted by molar-refractivity contribution is 0.394. The van der Waals surface area contributed by atoms with Gasteiger partial charge in [-0.15, -0.1) is 0 Å². The van der Waals surface area contributed by atoms with Crippen molar-refractivity contribution in [2.45, 2.75) is 39.5 Å². The molecule has 0 atom stereocenters. The van der Waals surface area contributed by atoms with Gasteiger partial charge in [-0.25, -0.2) is 4.85 Å². The van der Waals surface area contributed by atoms with E-state index in [1.165, 1.54) is 0 Å². The Balaban J connectivity index is 2.74. The molecule has 3 nitrogen and oxygen atoms in total. The van der Waals surface area contributed by atoms with E-state index in [9.17, 15) is 0 Å². The fourth-order valence-corrected chi connectivity index (χ4v) is 2.83. The molecule has 0 aliphatic carbocycles. The topological polar surface area (TPSA) is 22.8 Å². The Kier molecular flexibility index (Phi) is 5.51. The van der Waals surface area contributed by atoms with Crippen molar-refractivity contribution in [3.05, 3.63) is 52.9 Å². The SMILES string of the molecule is [C-]#[N+]c1c(C(C)C)cc(-c2cc(OC)cc(OC)c2)cc1C(C)C. The summed E-state index contributed by atoms with van der Waals surface area (Å²) >= 11 is 0. The number of methoxy groups -OCH3 is 2. The zero-order valence-electron chi connectivity index (χ0n) is 15.3. The van der Waals surface area contributed by atoms with Crippen LogP contribution in [-0.2, 0) is 0 Å². The van der Waals surface area contributed by atoms with Crippen molar-refractivity contribution in [2.24, 2.45) is 0 Å². The Morgan fingerprint density at radius 3 is 1.50 bits per heavy atom. The average Bonchev–Trinajstić information content (AvgIpc) is 2.59. The van der Waals surface area contributed by atoms with Crippen molar-refractivity contribution in [2.75, 3.05) is 14.2 Å². The van der Waals surface area contributed by atoms with Crippen LogP contribution < -0.4 is 9.47 Å². The first-order valence-electron chi connectivity index (χ1n) is 8.20. The summed E-state index contributed by atoms with van der Waals surface area (Å²) in [7, 11) is 3.30. The molecule has 24 heavy (non-hydrogen) atoms. The molecule has 2 aromatic rings. The van der Waals surface area contributed by atoms with Gasteiger partial charge in [0.1, 0.15) is 11.5 Å². The maximum atomic E-state index is 7.60. The third kappa shape index (κ3) is 3.54. The Morgan fingerprint density at radius 1 is 0.750 bits per heavy atom. The van der Waals surface area contributed by atoms with Crippen LogP contribution in [-0.4, -0.2) is 14.2 Å². The summed E-state index contributed by atoms with van der Waals surface area (Å²) in [5.74, 6) is 2.10. The number of hydrogen-bond donors (Lipinski definition) is 0. The molecule has 0 N–H and O–H groups in total. The minimum Gasteiger partial charge on any atom is -0.497 e. The smallest absolute Gasteiger partial charge is 0.194 e. The van der Waals surface area contributed by atoms with Crippen molar-refractivity contribution in [3.63, 3.8) is 0 Å². The fourth-order valence-electron chi connectivity index (χ4n) is 2.83. The van der Waals surface area contributed by atoms with Gasteiger partial charge < -0.3 is 9.47 Å². The molecule has 0 saturated heterocycles.